The molecule has 1 fully saturated rings. The third-order valence-electron chi connectivity index (χ3n) is 6.15. The number of nitrogens with one attached hydrogen (secondary N) is 3. The minimum Gasteiger partial charge on any atom is -0.496 e. The molecule has 0 aromatic heterocycles. The van der Waals surface area contributed by atoms with E-state index in [1.807, 2.05) is 44.2 Å². The Morgan fingerprint density at radius 3 is 2.54 bits per heavy atom. The number of methoxy groups -OCH3 is 1. The number of halogens is 1. The molecule has 37 heavy (non-hydrogen) atoms. The Kier molecular flexibility index (Phi) is 10.3. The van der Waals surface area contributed by atoms with E-state index in [9.17, 15) is 18.0 Å². The highest BCUT2D eigenvalue weighted by Gasteiger charge is 2.38. The van der Waals surface area contributed by atoms with Crippen LogP contribution in [0.4, 0.5) is 0 Å². The molecular formula is C26H35ClN4O5S. The molecule has 9 nitrogen and oxygen atoms in total. The summed E-state index contributed by atoms with van der Waals surface area (Å²) in [6.07, 6.45) is 1.45. The predicted octanol–water partition coefficient (Wildman–Crippen LogP) is 2.99. The van der Waals surface area contributed by atoms with Crippen molar-refractivity contribution in [1.29, 1.82) is 0 Å². The SMILES string of the molecule is COc1ccc(Cl)cc1CNC(=O)[C@@H]1CCCN1C(=O)[C@H](CC(C)C)NS(=O)(=O)NCc1ccccc1. The molecule has 0 radical (unpaired) electrons. The van der Waals surface area contributed by atoms with Gasteiger partial charge in [0.1, 0.15) is 17.8 Å². The Hall–Kier alpha value is -2.66. The molecule has 0 saturated carbocycles. The molecule has 2 atom stereocenters. The van der Waals surface area contributed by atoms with E-state index < -0.39 is 28.2 Å². The van der Waals surface area contributed by atoms with E-state index in [1.54, 1.807) is 18.2 Å². The van der Waals surface area contributed by atoms with Crippen LogP contribution in [0, 0.1) is 5.92 Å². The van der Waals surface area contributed by atoms with Crippen molar-refractivity contribution in [2.24, 2.45) is 5.92 Å². The van der Waals surface area contributed by atoms with Crippen molar-refractivity contribution in [3.8, 4) is 5.75 Å². The second kappa shape index (κ2) is 13.2. The summed E-state index contributed by atoms with van der Waals surface area (Å²) in [4.78, 5) is 28.1. The number of hydrogen-bond acceptors (Lipinski definition) is 5. The first-order valence-corrected chi connectivity index (χ1v) is 14.2. The standard InChI is InChI=1S/C26H35ClN4O5S/c1-18(2)14-22(30-37(34,35)29-16-19-8-5-4-6-9-19)26(33)31-13-7-10-23(31)25(32)28-17-20-15-21(27)11-12-24(20)36-3/h4-6,8-9,11-12,15,18,22-23,29-30H,7,10,13-14,16-17H2,1-3H3,(H,28,32)/t22-,23-/m0/s1. The lowest BCUT2D eigenvalue weighted by Gasteiger charge is -2.29. The van der Waals surface area contributed by atoms with Gasteiger partial charge in [0.25, 0.3) is 10.2 Å². The number of amides is 2. The first kappa shape index (κ1) is 28.9. The second-order valence-corrected chi connectivity index (χ2v) is 11.4. The normalized spacial score (nSPS) is 16.6. The lowest BCUT2D eigenvalue weighted by molar-refractivity contribution is -0.140. The van der Waals surface area contributed by atoms with E-state index in [0.717, 1.165) is 5.56 Å². The largest absolute Gasteiger partial charge is 0.496 e. The van der Waals surface area contributed by atoms with Crippen LogP contribution in [-0.4, -0.2) is 50.9 Å². The van der Waals surface area contributed by atoms with E-state index in [4.69, 9.17) is 16.3 Å². The second-order valence-electron chi connectivity index (χ2n) is 9.47. The van der Waals surface area contributed by atoms with E-state index in [-0.39, 0.29) is 24.9 Å². The maximum absolute atomic E-state index is 13.5. The van der Waals surface area contributed by atoms with Gasteiger partial charge < -0.3 is 15.0 Å². The number of carbonyl (C=O) groups is 2. The van der Waals surface area contributed by atoms with Gasteiger partial charge in [-0.3, -0.25) is 9.59 Å². The van der Waals surface area contributed by atoms with Gasteiger partial charge in [0.05, 0.1) is 7.11 Å². The van der Waals surface area contributed by atoms with Crippen molar-refractivity contribution < 1.29 is 22.7 Å². The van der Waals surface area contributed by atoms with Crippen molar-refractivity contribution in [2.75, 3.05) is 13.7 Å². The van der Waals surface area contributed by atoms with Crippen molar-refractivity contribution in [1.82, 2.24) is 19.7 Å². The molecule has 1 aliphatic rings. The van der Waals surface area contributed by atoms with Crippen LogP contribution in [0.5, 0.6) is 5.75 Å². The maximum Gasteiger partial charge on any atom is 0.277 e. The van der Waals surface area contributed by atoms with Crippen molar-refractivity contribution >= 4 is 33.6 Å². The minimum absolute atomic E-state index is 0.0518. The molecule has 11 heteroatoms. The molecule has 2 aromatic rings. The molecule has 0 spiro atoms. The Bertz CT molecular complexity index is 1180. The molecule has 2 aromatic carbocycles. The molecule has 1 saturated heterocycles. The lowest BCUT2D eigenvalue weighted by atomic mass is 10.0. The fourth-order valence-electron chi connectivity index (χ4n) is 4.36. The highest BCUT2D eigenvalue weighted by molar-refractivity contribution is 7.87. The monoisotopic (exact) mass is 550 g/mol. The Morgan fingerprint density at radius 2 is 1.86 bits per heavy atom. The average Bonchev–Trinajstić information content (AvgIpc) is 3.36. The third kappa shape index (κ3) is 8.43. The zero-order chi connectivity index (χ0) is 27.0. The van der Waals surface area contributed by atoms with Gasteiger partial charge in [-0.15, -0.1) is 0 Å². The predicted molar refractivity (Wildman–Crippen MR) is 143 cm³/mol. The minimum atomic E-state index is -3.97. The fraction of sp³-hybridized carbons (Fsp3) is 0.462. The number of rotatable bonds is 12. The lowest BCUT2D eigenvalue weighted by Crippen LogP contribution is -2.55. The van der Waals surface area contributed by atoms with Crippen molar-refractivity contribution in [3.63, 3.8) is 0 Å². The molecule has 1 aliphatic heterocycles. The molecule has 1 heterocycles. The Balaban J connectivity index is 1.67. The van der Waals surface area contributed by atoms with Crippen molar-refractivity contribution in [3.05, 3.63) is 64.7 Å². The quantitative estimate of drug-likeness (QED) is 0.375. The van der Waals surface area contributed by atoms with Crippen LogP contribution in [-0.2, 0) is 32.9 Å². The summed E-state index contributed by atoms with van der Waals surface area (Å²) < 4.78 is 35.9. The smallest absolute Gasteiger partial charge is 0.277 e. The van der Waals surface area contributed by atoms with E-state index in [1.165, 1.54) is 12.0 Å². The molecule has 3 rings (SSSR count). The zero-order valence-electron chi connectivity index (χ0n) is 21.4. The summed E-state index contributed by atoms with van der Waals surface area (Å²) >= 11 is 6.08. The Labute approximate surface area is 224 Å². The first-order chi connectivity index (χ1) is 17.6. The first-order valence-electron chi connectivity index (χ1n) is 12.3. The van der Waals surface area contributed by atoms with Crippen LogP contribution in [0.2, 0.25) is 5.02 Å². The van der Waals surface area contributed by atoms with Crippen LogP contribution in [0.25, 0.3) is 0 Å². The number of benzene rings is 2. The van der Waals surface area contributed by atoms with E-state index in [2.05, 4.69) is 14.8 Å². The summed E-state index contributed by atoms with van der Waals surface area (Å²) in [5, 5.41) is 3.39. The zero-order valence-corrected chi connectivity index (χ0v) is 22.9. The van der Waals surface area contributed by atoms with Crippen molar-refractivity contribution in [2.45, 2.75) is 58.3 Å². The highest BCUT2D eigenvalue weighted by atomic mass is 35.5. The summed E-state index contributed by atoms with van der Waals surface area (Å²) in [6.45, 7) is 4.50. The average molecular weight is 551 g/mol. The van der Waals surface area contributed by atoms with Crippen LogP contribution in [0.3, 0.4) is 0 Å². The number of carbonyl (C=O) groups excluding carboxylic acids is 2. The molecule has 3 N–H and O–H groups in total. The number of ether oxygens (including phenoxy) is 1. The fourth-order valence-corrected chi connectivity index (χ4v) is 5.57. The van der Waals surface area contributed by atoms with Gasteiger partial charge in [0, 0.05) is 30.2 Å². The van der Waals surface area contributed by atoms with Gasteiger partial charge in [-0.1, -0.05) is 55.8 Å². The topological polar surface area (TPSA) is 117 Å². The number of likely N-dealkylation sites (tertiary alicyclic amines) is 1. The van der Waals surface area contributed by atoms with Gasteiger partial charge in [-0.25, -0.2) is 0 Å². The Morgan fingerprint density at radius 1 is 1.14 bits per heavy atom. The molecular weight excluding hydrogens is 516 g/mol. The summed E-state index contributed by atoms with van der Waals surface area (Å²) in [5.74, 6) is -0.0626. The third-order valence-corrected chi connectivity index (χ3v) is 7.50. The van der Waals surface area contributed by atoms with Gasteiger partial charge in [0.15, 0.2) is 0 Å². The summed E-state index contributed by atoms with van der Waals surface area (Å²) in [7, 11) is -2.43. The number of hydrogen-bond donors (Lipinski definition) is 3. The van der Waals surface area contributed by atoms with Gasteiger partial charge in [-0.05, 0) is 48.9 Å². The van der Waals surface area contributed by atoms with E-state index >= 15 is 0 Å². The molecule has 202 valence electrons. The van der Waals surface area contributed by atoms with Crippen LogP contribution in [0.15, 0.2) is 48.5 Å². The van der Waals surface area contributed by atoms with Crippen LogP contribution >= 0.6 is 11.6 Å². The van der Waals surface area contributed by atoms with Gasteiger partial charge in [0.2, 0.25) is 11.8 Å². The molecule has 2 amide bonds. The number of nitrogens with zero attached hydrogens (tertiary/aromatic N) is 1. The van der Waals surface area contributed by atoms with Gasteiger partial charge >= 0.3 is 0 Å². The van der Waals surface area contributed by atoms with E-state index in [0.29, 0.717) is 42.1 Å². The maximum atomic E-state index is 13.5. The summed E-state index contributed by atoms with van der Waals surface area (Å²) in [6, 6.07) is 12.6. The van der Waals surface area contributed by atoms with Crippen LogP contribution < -0.4 is 19.5 Å². The van der Waals surface area contributed by atoms with Gasteiger partial charge in [-0.2, -0.15) is 17.9 Å². The summed E-state index contributed by atoms with van der Waals surface area (Å²) in [5.41, 5.74) is 1.52. The molecule has 0 aliphatic carbocycles. The molecule has 0 unspecified atom stereocenters. The highest BCUT2D eigenvalue weighted by Crippen LogP contribution is 2.24. The van der Waals surface area contributed by atoms with Crippen LogP contribution in [0.1, 0.15) is 44.2 Å². The molecule has 0 bridgehead atoms.